The molecule has 0 radical (unpaired) electrons. The zero-order chi connectivity index (χ0) is 21.7. The van der Waals surface area contributed by atoms with E-state index in [1.54, 1.807) is 18.2 Å². The Bertz CT molecular complexity index is 1010. The molecule has 2 aromatic rings. The van der Waals surface area contributed by atoms with E-state index in [1.807, 2.05) is 13.0 Å². The fourth-order valence-electron chi connectivity index (χ4n) is 3.45. The number of hydrogen-bond acceptors (Lipinski definition) is 5. The highest BCUT2D eigenvalue weighted by Crippen LogP contribution is 2.31. The average molecular weight is 437 g/mol. The van der Waals surface area contributed by atoms with Crippen molar-refractivity contribution in [2.75, 3.05) is 32.1 Å². The molecule has 3 rings (SSSR count). The summed E-state index contributed by atoms with van der Waals surface area (Å²) in [7, 11) is -2.69. The first kappa shape index (κ1) is 22.0. The standard InChI is InChI=1S/C21H25FN2O5S/c1-3-29-18-9-5-4-8-17(18)23-21(25)15-7-6-12-24(14-15)30(26,27)20-13-16(22)10-11-19(20)28-2/h4-5,8-11,13,15H,3,6-7,12,14H2,1-2H3,(H,23,25). The minimum Gasteiger partial charge on any atom is -0.495 e. The molecule has 9 heteroatoms. The summed E-state index contributed by atoms with van der Waals surface area (Å²) in [5.74, 6) is -0.879. The fraction of sp³-hybridized carbons (Fsp3) is 0.381. The van der Waals surface area contributed by atoms with Gasteiger partial charge in [0.2, 0.25) is 15.9 Å². The van der Waals surface area contributed by atoms with Crippen molar-refractivity contribution >= 4 is 21.6 Å². The van der Waals surface area contributed by atoms with E-state index >= 15 is 0 Å². The lowest BCUT2D eigenvalue weighted by molar-refractivity contribution is -0.120. The third-order valence-corrected chi connectivity index (χ3v) is 6.83. The Kier molecular flexibility index (Phi) is 6.94. The van der Waals surface area contributed by atoms with Crippen molar-refractivity contribution in [3.05, 3.63) is 48.3 Å². The zero-order valence-corrected chi connectivity index (χ0v) is 17.7. The number of para-hydroxylation sites is 2. The van der Waals surface area contributed by atoms with Gasteiger partial charge in [0.25, 0.3) is 0 Å². The third-order valence-electron chi connectivity index (χ3n) is 4.94. The Morgan fingerprint density at radius 3 is 2.73 bits per heavy atom. The van der Waals surface area contributed by atoms with Crippen molar-refractivity contribution in [1.29, 1.82) is 0 Å². The Balaban J connectivity index is 1.78. The molecule has 0 aliphatic carbocycles. The third kappa shape index (κ3) is 4.73. The highest BCUT2D eigenvalue weighted by Gasteiger charge is 2.35. The molecule has 0 spiro atoms. The Hall–Kier alpha value is -2.65. The van der Waals surface area contributed by atoms with Gasteiger partial charge in [-0.25, -0.2) is 12.8 Å². The minimum atomic E-state index is -4.02. The highest BCUT2D eigenvalue weighted by molar-refractivity contribution is 7.89. The van der Waals surface area contributed by atoms with Crippen LogP contribution in [0, 0.1) is 11.7 Å². The van der Waals surface area contributed by atoms with Gasteiger partial charge in [-0.15, -0.1) is 0 Å². The number of amides is 1. The van der Waals surface area contributed by atoms with Gasteiger partial charge in [0.05, 0.1) is 25.3 Å². The van der Waals surface area contributed by atoms with Crippen molar-refractivity contribution in [3.8, 4) is 11.5 Å². The van der Waals surface area contributed by atoms with Gasteiger partial charge in [-0.3, -0.25) is 4.79 Å². The molecule has 0 saturated carbocycles. The monoisotopic (exact) mass is 436 g/mol. The van der Waals surface area contributed by atoms with Gasteiger partial charge < -0.3 is 14.8 Å². The first-order valence-electron chi connectivity index (χ1n) is 9.73. The number of anilines is 1. The van der Waals surface area contributed by atoms with Gasteiger partial charge in [-0.1, -0.05) is 12.1 Å². The number of sulfonamides is 1. The van der Waals surface area contributed by atoms with E-state index in [1.165, 1.54) is 17.5 Å². The minimum absolute atomic E-state index is 0.00460. The summed E-state index contributed by atoms with van der Waals surface area (Å²) in [6, 6.07) is 10.4. The summed E-state index contributed by atoms with van der Waals surface area (Å²) >= 11 is 0. The fourth-order valence-corrected chi connectivity index (χ4v) is 5.14. The Labute approximate surface area is 175 Å². The van der Waals surface area contributed by atoms with Gasteiger partial charge in [-0.2, -0.15) is 4.31 Å². The maximum absolute atomic E-state index is 13.7. The van der Waals surface area contributed by atoms with Gasteiger partial charge in [0.15, 0.2) is 0 Å². The quantitative estimate of drug-likeness (QED) is 0.720. The summed E-state index contributed by atoms with van der Waals surface area (Å²) in [5.41, 5.74) is 0.538. The van der Waals surface area contributed by atoms with Crippen LogP contribution >= 0.6 is 0 Å². The first-order chi connectivity index (χ1) is 14.4. The second-order valence-corrected chi connectivity index (χ2v) is 8.82. The molecule has 1 atom stereocenters. The molecule has 1 amide bonds. The van der Waals surface area contributed by atoms with Crippen LogP contribution in [0.1, 0.15) is 19.8 Å². The molecule has 1 aliphatic heterocycles. The number of carbonyl (C=O) groups is 1. The van der Waals surface area contributed by atoms with Crippen LogP contribution in [0.3, 0.4) is 0 Å². The van der Waals surface area contributed by atoms with E-state index in [2.05, 4.69) is 5.32 Å². The molecule has 7 nitrogen and oxygen atoms in total. The summed E-state index contributed by atoms with van der Waals surface area (Å²) in [6.07, 6.45) is 1.07. The molecular formula is C21H25FN2O5S. The van der Waals surface area contributed by atoms with Crippen LogP contribution in [-0.2, 0) is 14.8 Å². The maximum atomic E-state index is 13.7. The molecule has 1 saturated heterocycles. The molecule has 30 heavy (non-hydrogen) atoms. The second kappa shape index (κ2) is 9.44. The lowest BCUT2D eigenvalue weighted by Gasteiger charge is -2.31. The number of piperidine rings is 1. The van der Waals surface area contributed by atoms with Crippen LogP contribution in [0.15, 0.2) is 47.4 Å². The van der Waals surface area contributed by atoms with Crippen LogP contribution in [0.5, 0.6) is 11.5 Å². The normalized spacial score (nSPS) is 17.4. The van der Waals surface area contributed by atoms with Crippen LogP contribution in [0.2, 0.25) is 0 Å². The molecule has 0 aromatic heterocycles. The molecule has 1 N–H and O–H groups in total. The van der Waals surface area contributed by atoms with Crippen molar-refractivity contribution in [2.45, 2.75) is 24.7 Å². The number of methoxy groups -OCH3 is 1. The molecule has 2 aromatic carbocycles. The second-order valence-electron chi connectivity index (χ2n) is 6.92. The number of hydrogen-bond donors (Lipinski definition) is 1. The van der Waals surface area contributed by atoms with E-state index in [0.29, 0.717) is 30.9 Å². The van der Waals surface area contributed by atoms with Gasteiger partial charge in [-0.05, 0) is 50.1 Å². The van der Waals surface area contributed by atoms with E-state index in [9.17, 15) is 17.6 Å². The van der Waals surface area contributed by atoms with Gasteiger partial charge in [0, 0.05) is 13.1 Å². The molecule has 1 heterocycles. The molecule has 1 aliphatic rings. The zero-order valence-electron chi connectivity index (χ0n) is 16.9. The molecule has 0 bridgehead atoms. The number of ether oxygens (including phenoxy) is 2. The van der Waals surface area contributed by atoms with Crippen molar-refractivity contribution in [3.63, 3.8) is 0 Å². The molecule has 162 valence electrons. The SMILES string of the molecule is CCOc1ccccc1NC(=O)C1CCCN(S(=O)(=O)c2cc(F)ccc2OC)C1. The largest absolute Gasteiger partial charge is 0.495 e. The lowest BCUT2D eigenvalue weighted by Crippen LogP contribution is -2.43. The van der Waals surface area contributed by atoms with Gasteiger partial charge in [0.1, 0.15) is 22.2 Å². The summed E-state index contributed by atoms with van der Waals surface area (Å²) < 4.78 is 51.8. The first-order valence-corrected chi connectivity index (χ1v) is 11.2. The summed E-state index contributed by atoms with van der Waals surface area (Å²) in [5, 5.41) is 2.84. The number of carbonyl (C=O) groups excluding carboxylic acids is 1. The van der Waals surface area contributed by atoms with Crippen LogP contribution < -0.4 is 14.8 Å². The predicted molar refractivity (Wildman–Crippen MR) is 111 cm³/mol. The predicted octanol–water partition coefficient (Wildman–Crippen LogP) is 3.27. The van der Waals surface area contributed by atoms with Crippen LogP contribution in [0.25, 0.3) is 0 Å². The summed E-state index contributed by atoms with van der Waals surface area (Å²) in [6.45, 7) is 2.56. The van der Waals surface area contributed by atoms with E-state index in [4.69, 9.17) is 9.47 Å². The smallest absolute Gasteiger partial charge is 0.246 e. The Morgan fingerprint density at radius 2 is 2.00 bits per heavy atom. The van der Waals surface area contributed by atoms with E-state index < -0.39 is 21.8 Å². The molecule has 1 fully saturated rings. The van der Waals surface area contributed by atoms with Crippen molar-refractivity contribution in [2.24, 2.45) is 5.92 Å². The maximum Gasteiger partial charge on any atom is 0.246 e. The number of rotatable bonds is 7. The van der Waals surface area contributed by atoms with Crippen molar-refractivity contribution < 1.29 is 27.1 Å². The number of benzene rings is 2. The lowest BCUT2D eigenvalue weighted by atomic mass is 9.98. The molecular weight excluding hydrogens is 411 g/mol. The van der Waals surface area contributed by atoms with Crippen LogP contribution in [-0.4, -0.2) is 45.4 Å². The highest BCUT2D eigenvalue weighted by atomic mass is 32.2. The average Bonchev–Trinajstić information content (AvgIpc) is 2.75. The van der Waals surface area contributed by atoms with Crippen LogP contribution in [0.4, 0.5) is 10.1 Å². The Morgan fingerprint density at radius 1 is 1.23 bits per heavy atom. The number of nitrogens with one attached hydrogen (secondary N) is 1. The molecule has 1 unspecified atom stereocenters. The number of nitrogens with zero attached hydrogens (tertiary/aromatic N) is 1. The van der Waals surface area contributed by atoms with E-state index in [0.717, 1.165) is 12.1 Å². The van der Waals surface area contributed by atoms with Crippen molar-refractivity contribution in [1.82, 2.24) is 4.31 Å². The topological polar surface area (TPSA) is 84.9 Å². The number of halogens is 1. The summed E-state index contributed by atoms with van der Waals surface area (Å²) in [4.78, 5) is 12.6. The van der Waals surface area contributed by atoms with Gasteiger partial charge >= 0.3 is 0 Å². The van der Waals surface area contributed by atoms with E-state index in [-0.39, 0.29) is 29.6 Å².